The van der Waals surface area contributed by atoms with Gasteiger partial charge in [-0.2, -0.15) is 0 Å². The summed E-state index contributed by atoms with van der Waals surface area (Å²) in [6, 6.07) is 6.81. The summed E-state index contributed by atoms with van der Waals surface area (Å²) < 4.78 is 0. The molecule has 0 bridgehead atoms. The van der Waals surface area contributed by atoms with Crippen molar-refractivity contribution in [3.05, 3.63) is 29.3 Å². The van der Waals surface area contributed by atoms with Crippen LogP contribution in [-0.2, 0) is 6.54 Å². The Balaban J connectivity index is 2.53. The van der Waals surface area contributed by atoms with Crippen molar-refractivity contribution in [2.45, 2.75) is 45.1 Å². The summed E-state index contributed by atoms with van der Waals surface area (Å²) in [5.41, 5.74) is 2.80. The molecular formula is C14H23NS. The minimum atomic E-state index is 0.983. The van der Waals surface area contributed by atoms with E-state index in [1.165, 1.54) is 34.6 Å². The summed E-state index contributed by atoms with van der Waals surface area (Å²) in [5.74, 6) is 1.24. The van der Waals surface area contributed by atoms with Gasteiger partial charge in [-0.05, 0) is 42.8 Å². The van der Waals surface area contributed by atoms with Crippen LogP contribution < -0.4 is 5.32 Å². The van der Waals surface area contributed by atoms with Crippen LogP contribution in [0, 0.1) is 6.92 Å². The van der Waals surface area contributed by atoms with Gasteiger partial charge < -0.3 is 5.32 Å². The standard InChI is InChI=1S/C14H23NS/c1-4-6-9-16-14-8-7-13(10-12(14)3)11-15-5-2/h7-8,10,15H,4-6,9,11H2,1-3H3. The molecule has 2 heteroatoms. The van der Waals surface area contributed by atoms with Gasteiger partial charge in [0.2, 0.25) is 0 Å². The van der Waals surface area contributed by atoms with E-state index >= 15 is 0 Å². The smallest absolute Gasteiger partial charge is 0.0205 e. The van der Waals surface area contributed by atoms with Gasteiger partial charge in [-0.3, -0.25) is 0 Å². The van der Waals surface area contributed by atoms with E-state index in [-0.39, 0.29) is 0 Å². The van der Waals surface area contributed by atoms with Crippen LogP contribution in [-0.4, -0.2) is 12.3 Å². The van der Waals surface area contributed by atoms with Crippen LogP contribution in [0.3, 0.4) is 0 Å². The van der Waals surface area contributed by atoms with Crippen molar-refractivity contribution in [2.24, 2.45) is 0 Å². The number of unbranched alkanes of at least 4 members (excludes halogenated alkanes) is 1. The second-order valence-electron chi connectivity index (χ2n) is 4.08. The van der Waals surface area contributed by atoms with Gasteiger partial charge in [-0.1, -0.05) is 32.4 Å². The molecule has 16 heavy (non-hydrogen) atoms. The van der Waals surface area contributed by atoms with Crippen molar-refractivity contribution in [3.63, 3.8) is 0 Å². The predicted octanol–water partition coefficient (Wildman–Crippen LogP) is 4.00. The van der Waals surface area contributed by atoms with Crippen LogP contribution in [0.4, 0.5) is 0 Å². The van der Waals surface area contributed by atoms with Crippen molar-refractivity contribution in [1.29, 1.82) is 0 Å². The molecule has 90 valence electrons. The lowest BCUT2D eigenvalue weighted by Crippen LogP contribution is -2.11. The molecule has 0 aliphatic heterocycles. The minimum Gasteiger partial charge on any atom is -0.313 e. The summed E-state index contributed by atoms with van der Waals surface area (Å²) in [7, 11) is 0. The number of benzene rings is 1. The average Bonchev–Trinajstić information content (AvgIpc) is 2.29. The van der Waals surface area contributed by atoms with Crippen molar-refractivity contribution in [1.82, 2.24) is 5.32 Å². The van der Waals surface area contributed by atoms with E-state index in [0.29, 0.717) is 0 Å². The third-order valence-corrected chi connectivity index (χ3v) is 3.84. The minimum absolute atomic E-state index is 0.983. The van der Waals surface area contributed by atoms with Crippen LogP contribution in [0.5, 0.6) is 0 Å². The second-order valence-corrected chi connectivity index (χ2v) is 5.22. The maximum absolute atomic E-state index is 3.36. The lowest BCUT2D eigenvalue weighted by Gasteiger charge is -2.08. The molecule has 1 aromatic rings. The normalized spacial score (nSPS) is 10.7. The zero-order valence-electron chi connectivity index (χ0n) is 10.7. The van der Waals surface area contributed by atoms with E-state index in [2.05, 4.69) is 44.3 Å². The number of nitrogens with one attached hydrogen (secondary N) is 1. The monoisotopic (exact) mass is 237 g/mol. The third kappa shape index (κ3) is 4.58. The molecule has 1 rings (SSSR count). The lowest BCUT2D eigenvalue weighted by atomic mass is 10.1. The molecule has 0 amide bonds. The van der Waals surface area contributed by atoms with E-state index in [9.17, 15) is 0 Å². The Labute approximate surface area is 104 Å². The summed E-state index contributed by atoms with van der Waals surface area (Å²) in [6.07, 6.45) is 2.59. The fourth-order valence-corrected chi connectivity index (χ4v) is 2.68. The first-order valence-corrected chi connectivity index (χ1v) is 7.19. The molecule has 0 saturated heterocycles. The molecule has 0 spiro atoms. The van der Waals surface area contributed by atoms with E-state index in [4.69, 9.17) is 0 Å². The quantitative estimate of drug-likeness (QED) is 0.568. The Hall–Kier alpha value is -0.470. The first-order chi connectivity index (χ1) is 7.77. The number of hydrogen-bond donors (Lipinski definition) is 1. The van der Waals surface area contributed by atoms with Gasteiger partial charge in [-0.15, -0.1) is 11.8 Å². The maximum atomic E-state index is 3.36. The molecule has 0 radical (unpaired) electrons. The highest BCUT2D eigenvalue weighted by molar-refractivity contribution is 7.99. The van der Waals surface area contributed by atoms with Gasteiger partial charge in [0.15, 0.2) is 0 Å². The highest BCUT2D eigenvalue weighted by Crippen LogP contribution is 2.24. The summed E-state index contributed by atoms with van der Waals surface area (Å²) in [5, 5.41) is 3.36. The van der Waals surface area contributed by atoms with E-state index in [1.54, 1.807) is 0 Å². The highest BCUT2D eigenvalue weighted by Gasteiger charge is 2.00. The molecule has 0 unspecified atom stereocenters. The van der Waals surface area contributed by atoms with E-state index in [1.807, 2.05) is 11.8 Å². The Morgan fingerprint density at radius 1 is 1.25 bits per heavy atom. The van der Waals surface area contributed by atoms with Crippen molar-refractivity contribution in [2.75, 3.05) is 12.3 Å². The average molecular weight is 237 g/mol. The maximum Gasteiger partial charge on any atom is 0.0205 e. The molecule has 1 N–H and O–H groups in total. The van der Waals surface area contributed by atoms with E-state index < -0.39 is 0 Å². The Morgan fingerprint density at radius 2 is 2.06 bits per heavy atom. The Bertz CT molecular complexity index is 310. The van der Waals surface area contributed by atoms with Gasteiger partial charge in [-0.25, -0.2) is 0 Å². The number of rotatable bonds is 7. The molecular weight excluding hydrogens is 214 g/mol. The summed E-state index contributed by atoms with van der Waals surface area (Å²) >= 11 is 1.98. The van der Waals surface area contributed by atoms with Gasteiger partial charge in [0.1, 0.15) is 0 Å². The van der Waals surface area contributed by atoms with E-state index in [0.717, 1.165) is 13.1 Å². The largest absolute Gasteiger partial charge is 0.313 e. The molecule has 0 aromatic heterocycles. The molecule has 1 nitrogen and oxygen atoms in total. The van der Waals surface area contributed by atoms with Gasteiger partial charge in [0.05, 0.1) is 0 Å². The lowest BCUT2D eigenvalue weighted by molar-refractivity contribution is 0.726. The Kier molecular flexibility index (Phi) is 6.58. The molecule has 0 aliphatic rings. The number of thioether (sulfide) groups is 1. The van der Waals surface area contributed by atoms with Gasteiger partial charge >= 0.3 is 0 Å². The highest BCUT2D eigenvalue weighted by atomic mass is 32.2. The fourth-order valence-electron chi connectivity index (χ4n) is 1.58. The van der Waals surface area contributed by atoms with Crippen LogP contribution in [0.25, 0.3) is 0 Å². The Morgan fingerprint density at radius 3 is 2.69 bits per heavy atom. The number of hydrogen-bond acceptors (Lipinski definition) is 2. The number of aryl methyl sites for hydroxylation is 1. The van der Waals surface area contributed by atoms with Crippen LogP contribution in [0.1, 0.15) is 37.8 Å². The first-order valence-electron chi connectivity index (χ1n) is 6.21. The van der Waals surface area contributed by atoms with Gasteiger partial charge in [0.25, 0.3) is 0 Å². The topological polar surface area (TPSA) is 12.0 Å². The molecule has 0 saturated carbocycles. The summed E-state index contributed by atoms with van der Waals surface area (Å²) in [6.45, 7) is 8.61. The predicted molar refractivity (Wildman–Crippen MR) is 74.2 cm³/mol. The fraction of sp³-hybridized carbons (Fsp3) is 0.571. The van der Waals surface area contributed by atoms with Gasteiger partial charge in [0, 0.05) is 11.4 Å². The SMILES string of the molecule is CCCCSc1ccc(CNCC)cc1C. The molecule has 0 heterocycles. The molecule has 0 fully saturated rings. The molecule has 1 aromatic carbocycles. The molecule has 0 aliphatic carbocycles. The summed E-state index contributed by atoms with van der Waals surface area (Å²) in [4.78, 5) is 1.44. The zero-order valence-corrected chi connectivity index (χ0v) is 11.5. The van der Waals surface area contributed by atoms with Crippen molar-refractivity contribution in [3.8, 4) is 0 Å². The van der Waals surface area contributed by atoms with Crippen molar-refractivity contribution >= 4 is 11.8 Å². The van der Waals surface area contributed by atoms with Crippen LogP contribution in [0.2, 0.25) is 0 Å². The third-order valence-electron chi connectivity index (χ3n) is 2.57. The first kappa shape index (κ1) is 13.6. The zero-order chi connectivity index (χ0) is 11.8. The van der Waals surface area contributed by atoms with Crippen LogP contribution >= 0.6 is 11.8 Å². The second kappa shape index (κ2) is 7.75. The van der Waals surface area contributed by atoms with Crippen molar-refractivity contribution < 1.29 is 0 Å². The molecule has 0 atom stereocenters. The van der Waals surface area contributed by atoms with Crippen LogP contribution in [0.15, 0.2) is 23.1 Å².